The summed E-state index contributed by atoms with van der Waals surface area (Å²) in [6.45, 7) is 20.6. The minimum atomic E-state index is -0.837. The summed E-state index contributed by atoms with van der Waals surface area (Å²) in [4.78, 5) is 0. The van der Waals surface area contributed by atoms with Crippen molar-refractivity contribution in [3.05, 3.63) is 210 Å². The fourth-order valence-electron chi connectivity index (χ4n) is 14.1. The Labute approximate surface area is 606 Å². The van der Waals surface area contributed by atoms with Crippen molar-refractivity contribution < 1.29 is 85.5 Å². The van der Waals surface area contributed by atoms with Crippen LogP contribution in [0.1, 0.15) is 89.0 Å². The number of benzene rings is 7. The molecule has 0 aromatic heterocycles. The highest BCUT2D eigenvalue weighted by Crippen LogP contribution is 2.63. The minimum absolute atomic E-state index is 0.0188. The van der Waals surface area contributed by atoms with Gasteiger partial charge in [0, 0.05) is 25.3 Å². The molecule has 18 heteroatoms. The molecule has 2 aliphatic carbocycles. The lowest BCUT2D eigenvalue weighted by Crippen LogP contribution is -2.35. The van der Waals surface area contributed by atoms with Crippen molar-refractivity contribution >= 4 is 0 Å². The standard InChI is InChI=1S/C84H114N2O16/c1-61-13-21-73-75-55-80-76(56-79(75)83(77(73)49-61,69-19-23-81(63(3)51-69)101-47-45-97-39-37-93-31-29-89-11)71-17-15-65(67(53-71)57-85(5,6)7)59-99-43-41-95-35-33-91-27-25-87)74-22-14-62(2)50-78(74)84(80,70-20-24-82(64(4)52-70)102-48-46-98-40-38-94-32-30-90-12)72-18-16-66(68(54-72)58-86(8,9)10)60-100-44-42-96-36-34-92-28-26-88/h13-24,49-56,87-88H,25-48,57-60H2,1-12H3/q+2. The van der Waals surface area contributed by atoms with E-state index >= 15 is 0 Å². The van der Waals surface area contributed by atoms with Crippen LogP contribution in [0.2, 0.25) is 0 Å². The van der Waals surface area contributed by atoms with Gasteiger partial charge in [0.2, 0.25) is 0 Å². The van der Waals surface area contributed by atoms with Gasteiger partial charge < -0.3 is 85.5 Å². The van der Waals surface area contributed by atoms with E-state index < -0.39 is 10.8 Å². The summed E-state index contributed by atoms with van der Waals surface area (Å²) >= 11 is 0. The Morgan fingerprint density at radius 1 is 0.294 bits per heavy atom. The van der Waals surface area contributed by atoms with Crippen LogP contribution >= 0.6 is 0 Å². The molecule has 0 heterocycles. The van der Waals surface area contributed by atoms with Crippen molar-refractivity contribution in [1.29, 1.82) is 0 Å². The number of nitrogens with zero attached hydrogens (tertiary/aromatic N) is 2. The van der Waals surface area contributed by atoms with Crippen molar-refractivity contribution in [3.63, 3.8) is 0 Å². The molecule has 102 heavy (non-hydrogen) atoms. The second-order valence-electron chi connectivity index (χ2n) is 28.5. The van der Waals surface area contributed by atoms with Gasteiger partial charge in [0.15, 0.2) is 0 Å². The van der Waals surface area contributed by atoms with E-state index in [1.807, 2.05) is 0 Å². The highest BCUT2D eigenvalue weighted by atomic mass is 16.6. The van der Waals surface area contributed by atoms with Crippen molar-refractivity contribution in [3.8, 4) is 33.8 Å². The normalized spacial score (nSPS) is 15.4. The summed E-state index contributed by atoms with van der Waals surface area (Å²) in [5.74, 6) is 1.60. The van der Waals surface area contributed by atoms with Crippen LogP contribution in [-0.4, -0.2) is 234 Å². The minimum Gasteiger partial charge on any atom is -0.491 e. The van der Waals surface area contributed by atoms with Gasteiger partial charge in [-0.1, -0.05) is 96.1 Å². The Balaban J connectivity index is 1.23. The predicted molar refractivity (Wildman–Crippen MR) is 398 cm³/mol. The molecule has 18 nitrogen and oxygen atoms in total. The number of quaternary nitrogens is 2. The summed E-state index contributed by atoms with van der Waals surface area (Å²) in [6.07, 6.45) is 0. The molecule has 7 aromatic carbocycles. The van der Waals surface area contributed by atoms with Gasteiger partial charge in [-0.3, -0.25) is 0 Å². The summed E-state index contributed by atoms with van der Waals surface area (Å²) < 4.78 is 83.5. The molecular formula is C84H114N2O16+2. The summed E-state index contributed by atoms with van der Waals surface area (Å²) in [6, 6.07) is 47.0. The van der Waals surface area contributed by atoms with Crippen LogP contribution in [0.25, 0.3) is 22.3 Å². The van der Waals surface area contributed by atoms with Crippen LogP contribution in [0.15, 0.2) is 121 Å². The third-order valence-electron chi connectivity index (χ3n) is 18.5. The average Bonchev–Trinajstić information content (AvgIpc) is 1.50. The van der Waals surface area contributed by atoms with Gasteiger partial charge in [-0.05, 0) is 153 Å². The maximum absolute atomic E-state index is 9.16. The van der Waals surface area contributed by atoms with Gasteiger partial charge in [0.25, 0.3) is 0 Å². The maximum atomic E-state index is 9.16. The third kappa shape index (κ3) is 20.5. The molecule has 0 fully saturated rings. The van der Waals surface area contributed by atoms with Gasteiger partial charge in [0.05, 0.1) is 212 Å². The largest absolute Gasteiger partial charge is 0.491 e. The molecule has 9 rings (SSSR count). The number of methoxy groups -OCH3 is 2. The molecule has 7 aromatic rings. The number of aryl methyl sites for hydroxylation is 4. The number of rotatable bonds is 48. The second kappa shape index (κ2) is 39.0. The number of hydrogen-bond acceptors (Lipinski definition) is 16. The molecule has 0 amide bonds. The van der Waals surface area contributed by atoms with E-state index in [1.165, 1.54) is 55.6 Å². The smallest absolute Gasteiger partial charge is 0.122 e. The Morgan fingerprint density at radius 2 is 0.598 bits per heavy atom. The second-order valence-corrected chi connectivity index (χ2v) is 28.5. The number of hydrogen-bond donors (Lipinski definition) is 2. The molecule has 2 atom stereocenters. The number of fused-ring (bicyclic) bond motifs is 6. The Hall–Kier alpha value is -6.50. The highest BCUT2D eigenvalue weighted by molar-refractivity contribution is 5.95. The molecule has 0 spiro atoms. The quantitative estimate of drug-likeness (QED) is 0.0273. The molecule has 2 N–H and O–H groups in total. The van der Waals surface area contributed by atoms with Gasteiger partial charge >= 0.3 is 0 Å². The van der Waals surface area contributed by atoms with E-state index in [1.54, 1.807) is 14.2 Å². The number of aliphatic hydroxyl groups excluding tert-OH is 2. The van der Waals surface area contributed by atoms with E-state index in [9.17, 15) is 0 Å². The van der Waals surface area contributed by atoms with Crippen LogP contribution < -0.4 is 9.47 Å². The fraction of sp³-hybridized carbons (Fsp3) is 0.500. The van der Waals surface area contributed by atoms with Crippen LogP contribution in [0.4, 0.5) is 0 Å². The van der Waals surface area contributed by atoms with E-state index in [-0.39, 0.29) is 26.4 Å². The summed E-state index contributed by atoms with van der Waals surface area (Å²) in [7, 11) is 16.8. The van der Waals surface area contributed by atoms with E-state index in [4.69, 9.17) is 76.5 Å². The molecule has 0 radical (unpaired) electrons. The summed E-state index contributed by atoms with van der Waals surface area (Å²) in [5, 5.41) is 18.3. The lowest BCUT2D eigenvalue weighted by atomic mass is 9.65. The lowest BCUT2D eigenvalue weighted by molar-refractivity contribution is -0.884. The van der Waals surface area contributed by atoms with E-state index in [2.05, 4.69) is 191 Å². The monoisotopic (exact) mass is 1410 g/mol. The van der Waals surface area contributed by atoms with Crippen LogP contribution in [-0.2, 0) is 94.0 Å². The van der Waals surface area contributed by atoms with Crippen molar-refractivity contribution in [2.45, 2.75) is 64.8 Å². The molecule has 554 valence electrons. The van der Waals surface area contributed by atoms with Crippen molar-refractivity contribution in [1.82, 2.24) is 0 Å². The molecule has 0 aliphatic heterocycles. The van der Waals surface area contributed by atoms with Gasteiger partial charge in [0.1, 0.15) is 37.8 Å². The summed E-state index contributed by atoms with van der Waals surface area (Å²) in [5.41, 5.74) is 21.4. The topological polar surface area (TPSA) is 170 Å². The Morgan fingerprint density at radius 3 is 0.931 bits per heavy atom. The lowest BCUT2D eigenvalue weighted by Gasteiger charge is -2.37. The molecule has 0 saturated heterocycles. The first kappa shape index (κ1) is 79.6. The SMILES string of the molecule is COCCOCCOCCOc1ccc(C2(c3ccc(COCCOCCOCCO)c(C[N+](C)(C)C)c3)c3cc(C)ccc3-c3cc4c(cc32)-c2ccc(C)cc2C4(c2ccc(OCCOCCOCCOC)c(C)c2)c2ccc(COCCOCCOCCO)c(C[N+](C)(C)C)c2)cc1C. The van der Waals surface area contributed by atoms with Gasteiger partial charge in [-0.15, -0.1) is 0 Å². The van der Waals surface area contributed by atoms with Gasteiger partial charge in [-0.2, -0.15) is 0 Å². The van der Waals surface area contributed by atoms with Gasteiger partial charge in [-0.25, -0.2) is 0 Å². The van der Waals surface area contributed by atoms with Crippen molar-refractivity contribution in [2.24, 2.45) is 0 Å². The average molecular weight is 1410 g/mol. The first-order valence-corrected chi connectivity index (χ1v) is 36.1. The molecular weight excluding hydrogens is 1290 g/mol. The predicted octanol–water partition coefficient (Wildman–Crippen LogP) is 11.3. The van der Waals surface area contributed by atoms with E-state index in [0.29, 0.717) is 154 Å². The fourth-order valence-corrected chi connectivity index (χ4v) is 14.1. The van der Waals surface area contributed by atoms with Crippen LogP contribution in [0.5, 0.6) is 11.5 Å². The van der Waals surface area contributed by atoms with E-state index in [0.717, 1.165) is 80.2 Å². The van der Waals surface area contributed by atoms with Crippen LogP contribution in [0, 0.1) is 27.7 Å². The Bertz CT molecular complexity index is 3530. The Kier molecular flexibility index (Phi) is 30.5. The van der Waals surface area contributed by atoms with Crippen LogP contribution in [0.3, 0.4) is 0 Å². The zero-order chi connectivity index (χ0) is 72.5. The number of aliphatic hydroxyl groups is 2. The molecule has 0 bridgehead atoms. The first-order valence-electron chi connectivity index (χ1n) is 36.1. The maximum Gasteiger partial charge on any atom is 0.122 e. The molecule has 2 unspecified atom stereocenters. The van der Waals surface area contributed by atoms with Crippen molar-refractivity contribution in [2.75, 3.05) is 215 Å². The highest BCUT2D eigenvalue weighted by Gasteiger charge is 2.52. The third-order valence-corrected chi connectivity index (χ3v) is 18.5. The zero-order valence-electron chi connectivity index (χ0n) is 62.9. The molecule has 2 aliphatic rings. The zero-order valence-corrected chi connectivity index (χ0v) is 62.9. The molecule has 0 saturated carbocycles. The first-order chi connectivity index (χ1) is 49.4. The number of ether oxygens (including phenoxy) is 14.